The topological polar surface area (TPSA) is 96.3 Å². The van der Waals surface area contributed by atoms with Gasteiger partial charge >= 0.3 is 12.0 Å². The number of rotatable bonds is 5. The van der Waals surface area contributed by atoms with Gasteiger partial charge < -0.3 is 15.7 Å². The van der Waals surface area contributed by atoms with Crippen LogP contribution in [0.15, 0.2) is 24.5 Å². The van der Waals surface area contributed by atoms with Crippen LogP contribution in [0.25, 0.3) is 0 Å². The molecule has 2 amide bonds. The zero-order chi connectivity index (χ0) is 15.4. The quantitative estimate of drug-likeness (QED) is 0.786. The third-order valence-corrected chi connectivity index (χ3v) is 3.97. The summed E-state index contributed by atoms with van der Waals surface area (Å²) in [5.41, 5.74) is 0.421. The summed E-state index contributed by atoms with van der Waals surface area (Å²) < 4.78 is 1.88. The molecular weight excluding hydrogens is 316 g/mol. The second-order valence-corrected chi connectivity index (χ2v) is 6.03. The van der Waals surface area contributed by atoms with Crippen molar-refractivity contribution < 1.29 is 14.7 Å². The lowest BCUT2D eigenvalue weighted by Gasteiger charge is -2.12. The highest BCUT2D eigenvalue weighted by atomic mass is 35.5. The molecule has 0 spiro atoms. The lowest BCUT2D eigenvalue weighted by Crippen LogP contribution is -2.30. The first kappa shape index (κ1) is 15.3. The molecular formula is C12H13ClN4O3S. The van der Waals surface area contributed by atoms with E-state index in [-0.39, 0.29) is 12.6 Å². The van der Waals surface area contributed by atoms with Crippen LogP contribution in [0.4, 0.5) is 10.5 Å². The van der Waals surface area contributed by atoms with Gasteiger partial charge in [0.05, 0.1) is 22.3 Å². The molecule has 2 heterocycles. The highest BCUT2D eigenvalue weighted by Crippen LogP contribution is 2.26. The number of thiophene rings is 1. The number of carboxylic acid groups (broad SMARTS) is 1. The van der Waals surface area contributed by atoms with Crippen molar-refractivity contribution in [2.75, 3.05) is 5.32 Å². The van der Waals surface area contributed by atoms with Crippen molar-refractivity contribution in [1.82, 2.24) is 15.1 Å². The van der Waals surface area contributed by atoms with E-state index < -0.39 is 12.0 Å². The Morgan fingerprint density at radius 3 is 2.90 bits per heavy atom. The molecule has 2 aromatic heterocycles. The third kappa shape index (κ3) is 4.47. The van der Waals surface area contributed by atoms with Crippen molar-refractivity contribution >= 4 is 40.6 Å². The summed E-state index contributed by atoms with van der Waals surface area (Å²) in [7, 11) is 0. The molecule has 2 rings (SSSR count). The van der Waals surface area contributed by atoms with Gasteiger partial charge in [-0.05, 0) is 19.1 Å². The summed E-state index contributed by atoms with van der Waals surface area (Å²) in [4.78, 5) is 23.3. The maximum atomic E-state index is 11.8. The van der Waals surface area contributed by atoms with E-state index in [0.29, 0.717) is 10.0 Å². The van der Waals surface area contributed by atoms with E-state index in [1.165, 1.54) is 28.4 Å². The molecule has 0 aliphatic rings. The average Bonchev–Trinajstić information content (AvgIpc) is 2.98. The molecule has 3 N–H and O–H groups in total. The average molecular weight is 329 g/mol. The molecule has 1 atom stereocenters. The van der Waals surface area contributed by atoms with Gasteiger partial charge in [-0.3, -0.25) is 9.48 Å². The Morgan fingerprint density at radius 1 is 1.52 bits per heavy atom. The highest BCUT2D eigenvalue weighted by Gasteiger charge is 2.12. The normalized spacial score (nSPS) is 11.9. The van der Waals surface area contributed by atoms with Gasteiger partial charge in [-0.25, -0.2) is 4.79 Å². The molecule has 0 fully saturated rings. The number of carbonyl (C=O) groups is 2. The number of carbonyl (C=O) groups excluding carboxylic acids is 1. The van der Waals surface area contributed by atoms with Gasteiger partial charge in [-0.1, -0.05) is 11.6 Å². The van der Waals surface area contributed by atoms with Crippen molar-refractivity contribution in [3.05, 3.63) is 33.7 Å². The van der Waals surface area contributed by atoms with Gasteiger partial charge in [-0.15, -0.1) is 11.3 Å². The number of hydrogen-bond acceptors (Lipinski definition) is 4. The predicted octanol–water partition coefficient (Wildman–Crippen LogP) is 2.57. The van der Waals surface area contributed by atoms with E-state index in [2.05, 4.69) is 15.7 Å². The van der Waals surface area contributed by atoms with Crippen LogP contribution in [0.5, 0.6) is 0 Å². The molecule has 0 saturated carbocycles. The number of nitrogens with one attached hydrogen (secondary N) is 2. The first-order valence-corrected chi connectivity index (χ1v) is 7.20. The number of halogens is 1. The van der Waals surface area contributed by atoms with Crippen LogP contribution in [0.1, 0.15) is 17.8 Å². The van der Waals surface area contributed by atoms with Crippen molar-refractivity contribution in [3.8, 4) is 0 Å². The van der Waals surface area contributed by atoms with E-state index in [0.717, 1.165) is 4.88 Å². The number of aliphatic carboxylic acids is 1. The Kier molecular flexibility index (Phi) is 4.81. The smallest absolute Gasteiger partial charge is 0.325 e. The molecule has 0 aliphatic carbocycles. The maximum absolute atomic E-state index is 11.8. The van der Waals surface area contributed by atoms with Gasteiger partial charge in [0.2, 0.25) is 0 Å². The Labute approximate surface area is 129 Å². The molecule has 0 saturated heterocycles. The number of carboxylic acids is 1. The minimum atomic E-state index is -1.00. The number of urea groups is 1. The number of anilines is 1. The van der Waals surface area contributed by atoms with Crippen LogP contribution in [0.2, 0.25) is 4.34 Å². The molecule has 7 nitrogen and oxygen atoms in total. The molecule has 0 aliphatic heterocycles. The largest absolute Gasteiger partial charge is 0.480 e. The summed E-state index contributed by atoms with van der Waals surface area (Å²) >= 11 is 7.24. The standard InChI is InChI=1S/C12H13ClN4O3S/c1-7(9-2-3-10(13)21-9)15-12(20)16-8-4-14-17(5-8)6-11(18)19/h2-5,7H,6H2,1H3,(H,18,19)(H2,15,16,20). The van der Waals surface area contributed by atoms with Gasteiger partial charge in [-0.2, -0.15) is 5.10 Å². The molecule has 0 bridgehead atoms. The van der Waals surface area contributed by atoms with E-state index in [9.17, 15) is 9.59 Å². The van der Waals surface area contributed by atoms with E-state index in [4.69, 9.17) is 16.7 Å². The fourth-order valence-corrected chi connectivity index (χ4v) is 2.71. The van der Waals surface area contributed by atoms with Crippen LogP contribution >= 0.6 is 22.9 Å². The van der Waals surface area contributed by atoms with Gasteiger partial charge in [0, 0.05) is 11.1 Å². The fraction of sp³-hybridized carbons (Fsp3) is 0.250. The summed E-state index contributed by atoms with van der Waals surface area (Å²) in [6.45, 7) is 1.59. The van der Waals surface area contributed by atoms with Crippen LogP contribution in [0.3, 0.4) is 0 Å². The minimum Gasteiger partial charge on any atom is -0.480 e. The number of amides is 2. The summed E-state index contributed by atoms with van der Waals surface area (Å²) in [5.74, 6) is -1.00. The first-order valence-electron chi connectivity index (χ1n) is 6.01. The molecule has 0 radical (unpaired) electrons. The summed E-state index contributed by atoms with van der Waals surface area (Å²) in [5, 5.41) is 17.8. The van der Waals surface area contributed by atoms with Crippen LogP contribution in [-0.2, 0) is 11.3 Å². The van der Waals surface area contributed by atoms with Crippen LogP contribution in [0, 0.1) is 0 Å². The third-order valence-electron chi connectivity index (χ3n) is 2.56. The first-order chi connectivity index (χ1) is 9.94. The zero-order valence-corrected chi connectivity index (χ0v) is 12.6. The fourth-order valence-electron chi connectivity index (χ4n) is 1.65. The van der Waals surface area contributed by atoms with E-state index >= 15 is 0 Å². The Balaban J connectivity index is 1.89. The zero-order valence-electron chi connectivity index (χ0n) is 11.0. The van der Waals surface area contributed by atoms with Gasteiger partial charge in [0.25, 0.3) is 0 Å². The van der Waals surface area contributed by atoms with E-state index in [1.807, 2.05) is 13.0 Å². The molecule has 21 heavy (non-hydrogen) atoms. The molecule has 1 unspecified atom stereocenters. The van der Waals surface area contributed by atoms with Gasteiger partial charge in [0.15, 0.2) is 0 Å². The SMILES string of the molecule is CC(NC(=O)Nc1cnn(CC(=O)O)c1)c1ccc(Cl)s1. The van der Waals surface area contributed by atoms with Crippen molar-refractivity contribution in [2.24, 2.45) is 0 Å². The lowest BCUT2D eigenvalue weighted by molar-refractivity contribution is -0.137. The molecule has 9 heteroatoms. The molecule has 2 aromatic rings. The van der Waals surface area contributed by atoms with Crippen LogP contribution < -0.4 is 10.6 Å². The molecule has 0 aromatic carbocycles. The highest BCUT2D eigenvalue weighted by molar-refractivity contribution is 7.16. The minimum absolute atomic E-state index is 0.184. The number of nitrogens with zero attached hydrogens (tertiary/aromatic N) is 2. The number of aromatic nitrogens is 2. The number of hydrogen-bond donors (Lipinski definition) is 3. The monoisotopic (exact) mass is 328 g/mol. The summed E-state index contributed by atoms with van der Waals surface area (Å²) in [6, 6.07) is 3.04. The van der Waals surface area contributed by atoms with Crippen molar-refractivity contribution in [1.29, 1.82) is 0 Å². The molecule has 112 valence electrons. The lowest BCUT2D eigenvalue weighted by atomic mass is 10.3. The Hall–Kier alpha value is -2.06. The van der Waals surface area contributed by atoms with Crippen molar-refractivity contribution in [2.45, 2.75) is 19.5 Å². The summed E-state index contributed by atoms with van der Waals surface area (Å²) in [6.07, 6.45) is 2.83. The van der Waals surface area contributed by atoms with E-state index in [1.54, 1.807) is 6.07 Å². The van der Waals surface area contributed by atoms with Crippen LogP contribution in [-0.4, -0.2) is 26.9 Å². The predicted molar refractivity (Wildman–Crippen MR) is 79.8 cm³/mol. The Morgan fingerprint density at radius 2 is 2.29 bits per heavy atom. The van der Waals surface area contributed by atoms with Gasteiger partial charge in [0.1, 0.15) is 6.54 Å². The second-order valence-electron chi connectivity index (χ2n) is 4.28. The Bertz CT molecular complexity index is 654. The van der Waals surface area contributed by atoms with Crippen molar-refractivity contribution in [3.63, 3.8) is 0 Å². The maximum Gasteiger partial charge on any atom is 0.325 e. The second kappa shape index (κ2) is 6.59.